The van der Waals surface area contributed by atoms with Gasteiger partial charge in [-0.15, -0.1) is 10.2 Å². The van der Waals surface area contributed by atoms with Crippen molar-refractivity contribution in [1.82, 2.24) is 10.2 Å². The number of nitrogens with zero attached hydrogens (tertiary/aromatic N) is 2. The van der Waals surface area contributed by atoms with E-state index < -0.39 is 0 Å². The number of aromatic nitrogens is 2. The quantitative estimate of drug-likeness (QED) is 0.705. The number of fused-ring (bicyclic) bond motifs is 1. The van der Waals surface area contributed by atoms with Gasteiger partial charge in [-0.2, -0.15) is 0 Å². The summed E-state index contributed by atoms with van der Waals surface area (Å²) in [6.45, 7) is 2.03. The third-order valence-corrected chi connectivity index (χ3v) is 3.53. The van der Waals surface area contributed by atoms with E-state index in [0.29, 0.717) is 5.15 Å². The Morgan fingerprint density at radius 2 is 1.75 bits per heavy atom. The molecule has 1 aromatic heterocycles. The second-order valence-corrected chi connectivity index (χ2v) is 4.95. The minimum Gasteiger partial charge on any atom is -0.496 e. The summed E-state index contributed by atoms with van der Waals surface area (Å²) in [5, 5.41) is 10.6. The molecule has 0 spiro atoms. The summed E-state index contributed by atoms with van der Waals surface area (Å²) >= 11 is 6.11. The molecule has 0 aliphatic heterocycles. The summed E-state index contributed by atoms with van der Waals surface area (Å²) in [7, 11) is 1.66. The molecule has 0 fully saturated rings. The lowest BCUT2D eigenvalue weighted by Gasteiger charge is -2.11. The highest BCUT2D eigenvalue weighted by atomic mass is 35.5. The lowest BCUT2D eigenvalue weighted by Crippen LogP contribution is -1.95. The van der Waals surface area contributed by atoms with Gasteiger partial charge in [-0.05, 0) is 24.6 Å². The Labute approximate surface area is 122 Å². The standard InChI is InChI=1S/C16H13ClN2O/c1-10-7-8-13(14(9-10)20-2)15-11-5-3-4-6-12(11)16(17)19-18-15/h3-9H,1-2H3. The molecule has 4 heteroatoms. The first-order valence-corrected chi connectivity index (χ1v) is 6.64. The molecule has 0 atom stereocenters. The number of hydrogen-bond donors (Lipinski definition) is 0. The molecule has 20 heavy (non-hydrogen) atoms. The molecule has 0 saturated heterocycles. The van der Waals surface area contributed by atoms with Crippen LogP contribution in [0.2, 0.25) is 5.15 Å². The van der Waals surface area contributed by atoms with Crippen LogP contribution in [-0.2, 0) is 0 Å². The highest BCUT2D eigenvalue weighted by molar-refractivity contribution is 6.34. The fourth-order valence-corrected chi connectivity index (χ4v) is 2.47. The van der Waals surface area contributed by atoms with E-state index in [-0.39, 0.29) is 0 Å². The Balaban J connectivity index is 2.33. The summed E-state index contributed by atoms with van der Waals surface area (Å²) in [5.41, 5.74) is 2.83. The third kappa shape index (κ3) is 2.10. The molecule has 1 heterocycles. The van der Waals surface area contributed by atoms with Gasteiger partial charge in [0.05, 0.1) is 7.11 Å². The van der Waals surface area contributed by atoms with Crippen molar-refractivity contribution in [2.24, 2.45) is 0 Å². The zero-order chi connectivity index (χ0) is 14.1. The van der Waals surface area contributed by atoms with Gasteiger partial charge in [0.15, 0.2) is 5.15 Å². The van der Waals surface area contributed by atoms with Crippen LogP contribution in [0.4, 0.5) is 0 Å². The van der Waals surface area contributed by atoms with E-state index in [1.54, 1.807) is 7.11 Å². The van der Waals surface area contributed by atoms with Crippen LogP contribution in [0, 0.1) is 6.92 Å². The van der Waals surface area contributed by atoms with Crippen LogP contribution in [0.25, 0.3) is 22.0 Å². The molecule has 3 aromatic rings. The molecule has 0 unspecified atom stereocenters. The number of rotatable bonds is 2. The van der Waals surface area contributed by atoms with Crippen molar-refractivity contribution in [3.05, 3.63) is 53.2 Å². The molecular weight excluding hydrogens is 272 g/mol. The number of aryl methyl sites for hydroxylation is 1. The predicted molar refractivity (Wildman–Crippen MR) is 81.3 cm³/mol. The molecule has 0 aliphatic carbocycles. The number of halogens is 1. The first kappa shape index (κ1) is 12.9. The topological polar surface area (TPSA) is 35.0 Å². The van der Waals surface area contributed by atoms with Crippen LogP contribution in [0.3, 0.4) is 0 Å². The fraction of sp³-hybridized carbons (Fsp3) is 0.125. The van der Waals surface area contributed by atoms with Gasteiger partial charge in [-0.3, -0.25) is 0 Å². The maximum atomic E-state index is 6.11. The summed E-state index contributed by atoms with van der Waals surface area (Å²) < 4.78 is 5.46. The number of methoxy groups -OCH3 is 1. The monoisotopic (exact) mass is 284 g/mol. The van der Waals surface area contributed by atoms with Crippen molar-refractivity contribution in [3.63, 3.8) is 0 Å². The smallest absolute Gasteiger partial charge is 0.159 e. The maximum Gasteiger partial charge on any atom is 0.159 e. The number of ether oxygens (including phenoxy) is 1. The van der Waals surface area contributed by atoms with Gasteiger partial charge in [0, 0.05) is 16.3 Å². The van der Waals surface area contributed by atoms with Crippen LogP contribution in [0.15, 0.2) is 42.5 Å². The molecule has 3 nitrogen and oxygen atoms in total. The number of benzene rings is 2. The average molecular weight is 285 g/mol. The van der Waals surface area contributed by atoms with E-state index >= 15 is 0 Å². The first-order valence-electron chi connectivity index (χ1n) is 6.26. The van der Waals surface area contributed by atoms with Crippen molar-refractivity contribution < 1.29 is 4.74 Å². The minimum absolute atomic E-state index is 0.412. The van der Waals surface area contributed by atoms with E-state index in [4.69, 9.17) is 16.3 Å². The Kier molecular flexibility index (Phi) is 3.28. The van der Waals surface area contributed by atoms with Crippen LogP contribution in [0.1, 0.15) is 5.56 Å². The van der Waals surface area contributed by atoms with Gasteiger partial charge in [0.25, 0.3) is 0 Å². The summed E-state index contributed by atoms with van der Waals surface area (Å²) in [4.78, 5) is 0. The SMILES string of the molecule is COc1cc(C)ccc1-c1nnc(Cl)c2ccccc12. The molecule has 0 radical (unpaired) electrons. The first-order chi connectivity index (χ1) is 9.70. The molecule has 100 valence electrons. The van der Waals surface area contributed by atoms with Gasteiger partial charge >= 0.3 is 0 Å². The van der Waals surface area contributed by atoms with Crippen molar-refractivity contribution in [2.45, 2.75) is 6.92 Å². The lowest BCUT2D eigenvalue weighted by atomic mass is 10.0. The van der Waals surface area contributed by atoms with E-state index in [0.717, 1.165) is 33.3 Å². The molecule has 0 amide bonds. The van der Waals surface area contributed by atoms with Crippen molar-refractivity contribution in [1.29, 1.82) is 0 Å². The van der Waals surface area contributed by atoms with E-state index in [1.807, 2.05) is 49.4 Å². The van der Waals surface area contributed by atoms with Gasteiger partial charge < -0.3 is 4.74 Å². The van der Waals surface area contributed by atoms with Gasteiger partial charge in [-0.25, -0.2) is 0 Å². The van der Waals surface area contributed by atoms with E-state index in [2.05, 4.69) is 10.2 Å². The third-order valence-electron chi connectivity index (χ3n) is 3.25. The van der Waals surface area contributed by atoms with Crippen LogP contribution < -0.4 is 4.74 Å². The molecule has 0 N–H and O–H groups in total. The highest BCUT2D eigenvalue weighted by Crippen LogP contribution is 2.35. The molecule has 0 bridgehead atoms. The zero-order valence-corrected chi connectivity index (χ0v) is 12.0. The van der Waals surface area contributed by atoms with Crippen LogP contribution in [0.5, 0.6) is 5.75 Å². The van der Waals surface area contributed by atoms with Crippen molar-refractivity contribution >= 4 is 22.4 Å². The summed E-state index contributed by atoms with van der Waals surface area (Å²) in [6, 6.07) is 13.8. The summed E-state index contributed by atoms with van der Waals surface area (Å²) in [5.74, 6) is 0.784. The van der Waals surface area contributed by atoms with Crippen LogP contribution in [-0.4, -0.2) is 17.3 Å². The van der Waals surface area contributed by atoms with E-state index in [1.165, 1.54) is 0 Å². The highest BCUT2D eigenvalue weighted by Gasteiger charge is 2.13. The average Bonchev–Trinajstić information content (AvgIpc) is 2.48. The molecular formula is C16H13ClN2O. The fourth-order valence-electron chi connectivity index (χ4n) is 2.26. The minimum atomic E-state index is 0.412. The number of hydrogen-bond acceptors (Lipinski definition) is 3. The van der Waals surface area contributed by atoms with Gasteiger partial charge in [0.2, 0.25) is 0 Å². The summed E-state index contributed by atoms with van der Waals surface area (Å²) in [6.07, 6.45) is 0. The zero-order valence-electron chi connectivity index (χ0n) is 11.2. The Morgan fingerprint density at radius 1 is 1.00 bits per heavy atom. The van der Waals surface area contributed by atoms with Crippen LogP contribution >= 0.6 is 11.6 Å². The maximum absolute atomic E-state index is 6.11. The second-order valence-electron chi connectivity index (χ2n) is 4.59. The molecule has 2 aromatic carbocycles. The molecule has 3 rings (SSSR count). The normalized spacial score (nSPS) is 10.8. The largest absolute Gasteiger partial charge is 0.496 e. The molecule has 0 aliphatic rings. The Morgan fingerprint density at radius 3 is 2.50 bits per heavy atom. The van der Waals surface area contributed by atoms with Crippen molar-refractivity contribution in [3.8, 4) is 17.0 Å². The van der Waals surface area contributed by atoms with Crippen molar-refractivity contribution in [2.75, 3.05) is 7.11 Å². The van der Waals surface area contributed by atoms with Gasteiger partial charge in [-0.1, -0.05) is 41.9 Å². The van der Waals surface area contributed by atoms with E-state index in [9.17, 15) is 0 Å². The predicted octanol–water partition coefficient (Wildman–Crippen LogP) is 4.27. The second kappa shape index (κ2) is 5.10. The molecule has 0 saturated carbocycles. The van der Waals surface area contributed by atoms with Gasteiger partial charge in [0.1, 0.15) is 11.4 Å². The Bertz CT molecular complexity index is 787. The lowest BCUT2D eigenvalue weighted by molar-refractivity contribution is 0.416. The Hall–Kier alpha value is -2.13.